The highest BCUT2D eigenvalue weighted by Gasteiger charge is 2.26. The Hall–Kier alpha value is -0.130. The molecule has 1 fully saturated rings. The average Bonchev–Trinajstić information content (AvgIpc) is 2.04. The summed E-state index contributed by atoms with van der Waals surface area (Å²) >= 11 is 0. The molecule has 1 aliphatic rings. The van der Waals surface area contributed by atoms with E-state index < -0.39 is 16.1 Å². The van der Waals surface area contributed by atoms with Crippen molar-refractivity contribution in [3.8, 4) is 0 Å². The molecule has 5 heteroatoms. The molecule has 0 saturated carbocycles. The van der Waals surface area contributed by atoms with Gasteiger partial charge in [-0.15, -0.1) is 0 Å². The van der Waals surface area contributed by atoms with Gasteiger partial charge < -0.3 is 5.11 Å². The summed E-state index contributed by atoms with van der Waals surface area (Å²) in [6, 6.07) is 0. The van der Waals surface area contributed by atoms with Crippen LogP contribution in [0.25, 0.3) is 0 Å². The number of sulfonamides is 1. The molecule has 1 rings (SSSR count). The Morgan fingerprint density at radius 3 is 2.77 bits per heavy atom. The number of aliphatic hydroxyl groups is 1. The van der Waals surface area contributed by atoms with Crippen LogP contribution >= 0.6 is 0 Å². The first-order valence-electron chi connectivity index (χ1n) is 4.72. The number of nitrogens with zero attached hydrogens (tertiary/aromatic N) is 1. The van der Waals surface area contributed by atoms with Crippen LogP contribution in [0.4, 0.5) is 0 Å². The third-order valence-corrected chi connectivity index (χ3v) is 4.26. The quantitative estimate of drug-likeness (QED) is 0.718. The largest absolute Gasteiger partial charge is 0.392 e. The Morgan fingerprint density at radius 2 is 2.23 bits per heavy atom. The Morgan fingerprint density at radius 1 is 1.54 bits per heavy atom. The lowest BCUT2D eigenvalue weighted by atomic mass is 10.1. The van der Waals surface area contributed by atoms with Crippen molar-refractivity contribution in [3.05, 3.63) is 0 Å². The lowest BCUT2D eigenvalue weighted by Gasteiger charge is -2.29. The second-order valence-electron chi connectivity index (χ2n) is 3.47. The van der Waals surface area contributed by atoms with E-state index >= 15 is 0 Å². The zero-order chi connectivity index (χ0) is 9.90. The SMILES string of the molecule is CCCS(=O)(=O)N1CCC[C@H](O)C1. The van der Waals surface area contributed by atoms with E-state index in [1.165, 1.54) is 4.31 Å². The molecule has 0 aromatic rings. The third kappa shape index (κ3) is 2.93. The molecule has 4 nitrogen and oxygen atoms in total. The second kappa shape index (κ2) is 4.39. The van der Waals surface area contributed by atoms with Gasteiger partial charge >= 0.3 is 0 Å². The summed E-state index contributed by atoms with van der Waals surface area (Å²) in [5, 5.41) is 9.31. The maximum absolute atomic E-state index is 11.5. The molecule has 1 N–H and O–H groups in total. The minimum Gasteiger partial charge on any atom is -0.392 e. The zero-order valence-electron chi connectivity index (χ0n) is 7.94. The van der Waals surface area contributed by atoms with Gasteiger partial charge in [-0.2, -0.15) is 4.31 Å². The molecule has 1 saturated heterocycles. The third-order valence-electron chi connectivity index (χ3n) is 2.21. The van der Waals surface area contributed by atoms with Crippen LogP contribution in [0.2, 0.25) is 0 Å². The molecule has 0 aromatic carbocycles. The Bertz CT molecular complexity index is 250. The molecule has 0 amide bonds. The van der Waals surface area contributed by atoms with E-state index in [4.69, 9.17) is 0 Å². The number of piperidine rings is 1. The fourth-order valence-electron chi connectivity index (χ4n) is 1.56. The number of hydrogen-bond acceptors (Lipinski definition) is 3. The molecule has 78 valence electrons. The number of hydrogen-bond donors (Lipinski definition) is 1. The van der Waals surface area contributed by atoms with Crippen molar-refractivity contribution in [1.82, 2.24) is 4.31 Å². The minimum atomic E-state index is -3.09. The van der Waals surface area contributed by atoms with Crippen LogP contribution in [-0.2, 0) is 10.0 Å². The van der Waals surface area contributed by atoms with Gasteiger partial charge in [0, 0.05) is 13.1 Å². The van der Waals surface area contributed by atoms with E-state index in [9.17, 15) is 13.5 Å². The molecular formula is C8H17NO3S. The molecule has 1 heterocycles. The molecule has 0 aromatic heterocycles. The van der Waals surface area contributed by atoms with Gasteiger partial charge in [0.15, 0.2) is 0 Å². The summed E-state index contributed by atoms with van der Waals surface area (Å²) in [5.41, 5.74) is 0. The first kappa shape index (κ1) is 10.9. The van der Waals surface area contributed by atoms with E-state index in [2.05, 4.69) is 0 Å². The molecule has 1 aliphatic heterocycles. The molecule has 1 atom stereocenters. The molecule has 0 aliphatic carbocycles. The summed E-state index contributed by atoms with van der Waals surface area (Å²) in [4.78, 5) is 0. The lowest BCUT2D eigenvalue weighted by molar-refractivity contribution is 0.108. The fraction of sp³-hybridized carbons (Fsp3) is 1.00. The molecule has 0 spiro atoms. The molecule has 0 bridgehead atoms. The predicted octanol–water partition coefficient (Wildman–Crippen LogP) is 0.183. The van der Waals surface area contributed by atoms with Gasteiger partial charge in [0.25, 0.3) is 0 Å². The van der Waals surface area contributed by atoms with Crippen molar-refractivity contribution >= 4 is 10.0 Å². The van der Waals surface area contributed by atoms with Gasteiger partial charge in [-0.3, -0.25) is 0 Å². The number of rotatable bonds is 3. The Kier molecular flexibility index (Phi) is 3.70. The van der Waals surface area contributed by atoms with Crippen molar-refractivity contribution in [1.29, 1.82) is 0 Å². The summed E-state index contributed by atoms with van der Waals surface area (Å²) < 4.78 is 24.5. The maximum atomic E-state index is 11.5. The highest BCUT2D eigenvalue weighted by molar-refractivity contribution is 7.89. The standard InChI is InChI=1S/C8H17NO3S/c1-2-6-13(11,12)9-5-3-4-8(10)7-9/h8,10H,2-7H2,1H3/t8-/m0/s1. The summed E-state index contributed by atoms with van der Waals surface area (Å²) in [6.45, 7) is 2.69. The zero-order valence-corrected chi connectivity index (χ0v) is 8.76. The van der Waals surface area contributed by atoms with E-state index in [-0.39, 0.29) is 12.3 Å². The van der Waals surface area contributed by atoms with Crippen LogP contribution in [0.1, 0.15) is 26.2 Å². The van der Waals surface area contributed by atoms with Crippen LogP contribution in [0.15, 0.2) is 0 Å². The van der Waals surface area contributed by atoms with E-state index in [1.807, 2.05) is 6.92 Å². The van der Waals surface area contributed by atoms with Gasteiger partial charge in [-0.1, -0.05) is 6.92 Å². The average molecular weight is 207 g/mol. The van der Waals surface area contributed by atoms with Gasteiger partial charge in [-0.05, 0) is 19.3 Å². The molecule has 0 radical (unpaired) electrons. The number of aliphatic hydroxyl groups excluding tert-OH is 1. The second-order valence-corrected chi connectivity index (χ2v) is 5.56. The lowest BCUT2D eigenvalue weighted by Crippen LogP contribution is -2.43. The molecule has 0 unspecified atom stereocenters. The first-order valence-corrected chi connectivity index (χ1v) is 6.33. The van der Waals surface area contributed by atoms with Gasteiger partial charge in [0.05, 0.1) is 11.9 Å². The fourth-order valence-corrected chi connectivity index (χ4v) is 3.14. The van der Waals surface area contributed by atoms with Crippen molar-refractivity contribution in [3.63, 3.8) is 0 Å². The minimum absolute atomic E-state index is 0.194. The van der Waals surface area contributed by atoms with Gasteiger partial charge in [0.2, 0.25) is 10.0 Å². The first-order chi connectivity index (χ1) is 6.06. The summed E-state index contributed by atoms with van der Waals surface area (Å²) in [6.07, 6.45) is 1.65. The van der Waals surface area contributed by atoms with Gasteiger partial charge in [-0.25, -0.2) is 8.42 Å². The topological polar surface area (TPSA) is 57.6 Å². The van der Waals surface area contributed by atoms with Crippen LogP contribution in [0, 0.1) is 0 Å². The Balaban J connectivity index is 2.60. The number of β-amino-alcohol motifs (C(OH)–C–C–N with tert-alkyl or cyclic N) is 1. The maximum Gasteiger partial charge on any atom is 0.214 e. The van der Waals surface area contributed by atoms with Gasteiger partial charge in [0.1, 0.15) is 0 Å². The van der Waals surface area contributed by atoms with Crippen molar-refractivity contribution in [2.24, 2.45) is 0 Å². The summed E-state index contributed by atoms with van der Waals surface area (Å²) in [7, 11) is -3.09. The predicted molar refractivity (Wildman–Crippen MR) is 50.9 cm³/mol. The molecule has 13 heavy (non-hydrogen) atoms. The van der Waals surface area contributed by atoms with Crippen LogP contribution in [0.5, 0.6) is 0 Å². The van der Waals surface area contributed by atoms with Crippen LogP contribution in [-0.4, -0.2) is 42.8 Å². The normalized spacial score (nSPS) is 26.2. The van der Waals surface area contributed by atoms with Crippen LogP contribution in [0.3, 0.4) is 0 Å². The van der Waals surface area contributed by atoms with Crippen molar-refractivity contribution in [2.75, 3.05) is 18.8 Å². The highest BCUT2D eigenvalue weighted by Crippen LogP contribution is 2.14. The van der Waals surface area contributed by atoms with Crippen LogP contribution < -0.4 is 0 Å². The van der Waals surface area contributed by atoms with Crippen molar-refractivity contribution < 1.29 is 13.5 Å². The molecular weight excluding hydrogens is 190 g/mol. The van der Waals surface area contributed by atoms with E-state index in [0.717, 1.165) is 12.8 Å². The Labute approximate surface area is 79.6 Å². The van der Waals surface area contributed by atoms with Crippen molar-refractivity contribution in [2.45, 2.75) is 32.3 Å². The summed E-state index contributed by atoms with van der Waals surface area (Å²) in [5.74, 6) is 0.194. The monoisotopic (exact) mass is 207 g/mol. The smallest absolute Gasteiger partial charge is 0.214 e. The van der Waals surface area contributed by atoms with E-state index in [0.29, 0.717) is 13.0 Å². The van der Waals surface area contributed by atoms with E-state index in [1.54, 1.807) is 0 Å². The highest BCUT2D eigenvalue weighted by atomic mass is 32.2.